The van der Waals surface area contributed by atoms with Crippen LogP contribution in [0.2, 0.25) is 0 Å². The summed E-state index contributed by atoms with van der Waals surface area (Å²) in [5, 5.41) is 3.51. The summed E-state index contributed by atoms with van der Waals surface area (Å²) in [6.45, 7) is 7.49. The van der Waals surface area contributed by atoms with Gasteiger partial charge in [-0.3, -0.25) is 0 Å². The minimum Gasteiger partial charge on any atom is -0.378 e. The largest absolute Gasteiger partial charge is 0.378 e. The average Bonchev–Trinajstić information content (AvgIpc) is 2.78. The van der Waals surface area contributed by atoms with Gasteiger partial charge >= 0.3 is 0 Å². The predicted molar refractivity (Wildman–Crippen MR) is 67.0 cm³/mol. The molecule has 3 nitrogen and oxygen atoms in total. The molecule has 0 aromatic heterocycles. The highest BCUT2D eigenvalue weighted by Gasteiger charge is 2.43. The summed E-state index contributed by atoms with van der Waals surface area (Å²) in [6.07, 6.45) is 4.96. The molecule has 0 saturated carbocycles. The second-order valence-corrected chi connectivity index (χ2v) is 6.22. The molecule has 98 valence electrons. The zero-order valence-corrected chi connectivity index (χ0v) is 10.9. The molecule has 1 spiro atoms. The molecule has 0 aromatic rings. The van der Waals surface area contributed by atoms with Crippen LogP contribution in [-0.2, 0) is 9.47 Å². The first-order valence-corrected chi connectivity index (χ1v) is 7.21. The molecule has 3 saturated heterocycles. The third-order valence-corrected chi connectivity index (χ3v) is 5.06. The summed E-state index contributed by atoms with van der Waals surface area (Å²) < 4.78 is 11.6. The lowest BCUT2D eigenvalue weighted by Crippen LogP contribution is -2.46. The Bertz CT molecular complexity index is 263. The van der Waals surface area contributed by atoms with Gasteiger partial charge in [0.25, 0.3) is 0 Å². The van der Waals surface area contributed by atoms with Crippen molar-refractivity contribution < 1.29 is 9.47 Å². The first-order chi connectivity index (χ1) is 8.29. The van der Waals surface area contributed by atoms with Gasteiger partial charge in [0.05, 0.1) is 12.2 Å². The monoisotopic (exact) mass is 239 g/mol. The zero-order valence-electron chi connectivity index (χ0n) is 10.9. The number of hydrogen-bond donors (Lipinski definition) is 1. The van der Waals surface area contributed by atoms with Gasteiger partial charge < -0.3 is 14.8 Å². The summed E-state index contributed by atoms with van der Waals surface area (Å²) in [5.41, 5.74) is 0.0908. The molecule has 0 aromatic carbocycles. The SMILES string of the molecule is CC1CNCCC1C1CCOC2(CCOC2)C1. The standard InChI is InChI=1S/C14H25NO2/c1-11-9-15-5-2-13(11)12-3-6-17-14(8-12)4-7-16-10-14/h11-13,15H,2-10H2,1H3. The number of hydrogen-bond acceptors (Lipinski definition) is 3. The molecule has 4 atom stereocenters. The van der Waals surface area contributed by atoms with Crippen molar-refractivity contribution in [3.8, 4) is 0 Å². The van der Waals surface area contributed by atoms with Crippen LogP contribution in [0.3, 0.4) is 0 Å². The Hall–Kier alpha value is -0.120. The fraction of sp³-hybridized carbons (Fsp3) is 1.00. The molecule has 3 heteroatoms. The highest BCUT2D eigenvalue weighted by molar-refractivity contribution is 4.93. The Kier molecular flexibility index (Phi) is 3.42. The molecule has 3 rings (SSSR count). The minimum atomic E-state index is 0.0908. The van der Waals surface area contributed by atoms with E-state index in [9.17, 15) is 0 Å². The number of nitrogens with one attached hydrogen (secondary N) is 1. The van der Waals surface area contributed by atoms with E-state index < -0.39 is 0 Å². The molecule has 3 aliphatic rings. The van der Waals surface area contributed by atoms with Crippen molar-refractivity contribution in [2.75, 3.05) is 32.9 Å². The molecular formula is C14H25NO2. The highest BCUT2D eigenvalue weighted by atomic mass is 16.6. The Labute approximate surface area is 104 Å². The molecular weight excluding hydrogens is 214 g/mol. The molecule has 3 aliphatic heterocycles. The van der Waals surface area contributed by atoms with Crippen LogP contribution in [-0.4, -0.2) is 38.5 Å². The molecule has 3 heterocycles. The molecule has 3 fully saturated rings. The first-order valence-electron chi connectivity index (χ1n) is 7.21. The fourth-order valence-electron chi connectivity index (χ4n) is 4.03. The van der Waals surface area contributed by atoms with Gasteiger partial charge in [0, 0.05) is 19.6 Å². The van der Waals surface area contributed by atoms with E-state index in [1.807, 2.05) is 0 Å². The van der Waals surface area contributed by atoms with Crippen molar-refractivity contribution >= 4 is 0 Å². The fourth-order valence-corrected chi connectivity index (χ4v) is 4.03. The molecule has 0 radical (unpaired) electrons. The molecule has 0 aliphatic carbocycles. The van der Waals surface area contributed by atoms with E-state index in [4.69, 9.17) is 9.47 Å². The Morgan fingerprint density at radius 1 is 1.24 bits per heavy atom. The summed E-state index contributed by atoms with van der Waals surface area (Å²) in [6, 6.07) is 0. The van der Waals surface area contributed by atoms with Crippen molar-refractivity contribution in [1.29, 1.82) is 0 Å². The molecule has 1 N–H and O–H groups in total. The lowest BCUT2D eigenvalue weighted by Gasteiger charge is -2.43. The smallest absolute Gasteiger partial charge is 0.0939 e. The minimum absolute atomic E-state index is 0.0908. The summed E-state index contributed by atoms with van der Waals surface area (Å²) in [7, 11) is 0. The van der Waals surface area contributed by atoms with Crippen molar-refractivity contribution in [3.05, 3.63) is 0 Å². The van der Waals surface area contributed by atoms with Gasteiger partial charge in [-0.05, 0) is 50.1 Å². The number of piperidine rings is 1. The van der Waals surface area contributed by atoms with E-state index in [1.54, 1.807) is 0 Å². The second kappa shape index (κ2) is 4.87. The third kappa shape index (κ3) is 2.38. The third-order valence-electron chi connectivity index (χ3n) is 5.06. The van der Waals surface area contributed by atoms with E-state index >= 15 is 0 Å². The van der Waals surface area contributed by atoms with Crippen molar-refractivity contribution in [1.82, 2.24) is 5.32 Å². The maximum absolute atomic E-state index is 6.04. The van der Waals surface area contributed by atoms with Crippen LogP contribution in [0.1, 0.15) is 32.6 Å². The summed E-state index contributed by atoms with van der Waals surface area (Å²) >= 11 is 0. The van der Waals surface area contributed by atoms with Crippen molar-refractivity contribution in [3.63, 3.8) is 0 Å². The van der Waals surface area contributed by atoms with Crippen LogP contribution >= 0.6 is 0 Å². The number of rotatable bonds is 1. The normalized spacial score (nSPS) is 47.5. The van der Waals surface area contributed by atoms with Gasteiger partial charge in [0.2, 0.25) is 0 Å². The van der Waals surface area contributed by atoms with Crippen LogP contribution in [0.15, 0.2) is 0 Å². The molecule has 17 heavy (non-hydrogen) atoms. The Morgan fingerprint density at radius 3 is 2.94 bits per heavy atom. The summed E-state index contributed by atoms with van der Waals surface area (Å²) in [4.78, 5) is 0. The van der Waals surface area contributed by atoms with E-state index in [-0.39, 0.29) is 5.60 Å². The van der Waals surface area contributed by atoms with Crippen LogP contribution in [0.5, 0.6) is 0 Å². The molecule has 4 unspecified atom stereocenters. The second-order valence-electron chi connectivity index (χ2n) is 6.22. The van der Waals surface area contributed by atoms with Gasteiger partial charge in [-0.2, -0.15) is 0 Å². The Balaban J connectivity index is 1.66. The van der Waals surface area contributed by atoms with Gasteiger partial charge in [0.15, 0.2) is 0 Å². The zero-order chi connectivity index (χ0) is 11.7. The maximum Gasteiger partial charge on any atom is 0.0939 e. The van der Waals surface area contributed by atoms with Gasteiger partial charge in [0.1, 0.15) is 0 Å². The predicted octanol–water partition coefficient (Wildman–Crippen LogP) is 1.82. The van der Waals surface area contributed by atoms with Gasteiger partial charge in [-0.1, -0.05) is 6.92 Å². The average molecular weight is 239 g/mol. The van der Waals surface area contributed by atoms with Gasteiger partial charge in [-0.15, -0.1) is 0 Å². The number of ether oxygens (including phenoxy) is 2. The molecule has 0 bridgehead atoms. The van der Waals surface area contributed by atoms with Crippen LogP contribution in [0.4, 0.5) is 0 Å². The lowest BCUT2D eigenvalue weighted by molar-refractivity contribution is -0.111. The Morgan fingerprint density at radius 2 is 2.18 bits per heavy atom. The van der Waals surface area contributed by atoms with E-state index in [0.29, 0.717) is 0 Å². The maximum atomic E-state index is 6.04. The topological polar surface area (TPSA) is 30.5 Å². The van der Waals surface area contributed by atoms with Crippen LogP contribution < -0.4 is 5.32 Å². The lowest BCUT2D eigenvalue weighted by atomic mass is 9.71. The van der Waals surface area contributed by atoms with Crippen molar-refractivity contribution in [2.24, 2.45) is 17.8 Å². The first kappa shape index (κ1) is 11.9. The highest BCUT2D eigenvalue weighted by Crippen LogP contribution is 2.42. The molecule has 0 amide bonds. The van der Waals surface area contributed by atoms with Crippen molar-refractivity contribution in [2.45, 2.75) is 38.2 Å². The van der Waals surface area contributed by atoms with E-state index in [2.05, 4.69) is 12.2 Å². The van der Waals surface area contributed by atoms with Crippen LogP contribution in [0.25, 0.3) is 0 Å². The summed E-state index contributed by atoms with van der Waals surface area (Å²) in [5.74, 6) is 2.59. The van der Waals surface area contributed by atoms with E-state index in [0.717, 1.165) is 44.0 Å². The van der Waals surface area contributed by atoms with Crippen LogP contribution in [0, 0.1) is 17.8 Å². The van der Waals surface area contributed by atoms with Gasteiger partial charge in [-0.25, -0.2) is 0 Å². The quantitative estimate of drug-likeness (QED) is 0.757. The van der Waals surface area contributed by atoms with E-state index in [1.165, 1.54) is 32.4 Å².